The van der Waals surface area contributed by atoms with E-state index in [1.807, 2.05) is 44.1 Å². The summed E-state index contributed by atoms with van der Waals surface area (Å²) in [4.78, 5) is 18.9. The fourth-order valence-electron chi connectivity index (χ4n) is 2.86. The number of likely N-dealkylation sites (N-methyl/N-ethyl adjacent to an activating group) is 1. The number of carbonyl (C=O) groups is 1. The number of ether oxygens (including phenoxy) is 1. The Morgan fingerprint density at radius 1 is 1.09 bits per heavy atom. The SMILES string of the molecule is CCNC(=NCc1cccc(C(=O)NCCN(C)C)c1)NCc1ccccc1OC(F)F.I. The van der Waals surface area contributed by atoms with Crippen LogP contribution in [0.1, 0.15) is 28.4 Å². The van der Waals surface area contributed by atoms with Crippen molar-refractivity contribution in [3.8, 4) is 5.75 Å². The second-order valence-electron chi connectivity index (χ2n) is 7.29. The Morgan fingerprint density at radius 2 is 1.85 bits per heavy atom. The topological polar surface area (TPSA) is 78.0 Å². The number of carbonyl (C=O) groups excluding carboxylic acids is 1. The van der Waals surface area contributed by atoms with Gasteiger partial charge in [0.1, 0.15) is 5.75 Å². The number of rotatable bonds is 11. The molecule has 0 aliphatic carbocycles. The number of benzene rings is 2. The van der Waals surface area contributed by atoms with Crippen LogP contribution in [0.2, 0.25) is 0 Å². The molecule has 0 fully saturated rings. The number of alkyl halides is 2. The van der Waals surface area contributed by atoms with Crippen molar-refractivity contribution in [1.82, 2.24) is 20.9 Å². The van der Waals surface area contributed by atoms with Crippen LogP contribution in [-0.2, 0) is 13.1 Å². The molecule has 0 aliphatic rings. The second kappa shape index (κ2) is 15.4. The molecule has 0 aliphatic heterocycles. The lowest BCUT2D eigenvalue weighted by Crippen LogP contribution is -2.36. The quantitative estimate of drug-likeness (QED) is 0.218. The first-order valence-corrected chi connectivity index (χ1v) is 10.5. The minimum atomic E-state index is -2.88. The highest BCUT2D eigenvalue weighted by molar-refractivity contribution is 14.0. The summed E-state index contributed by atoms with van der Waals surface area (Å²) >= 11 is 0. The largest absolute Gasteiger partial charge is 0.434 e. The zero-order valence-electron chi connectivity index (χ0n) is 19.1. The van der Waals surface area contributed by atoms with Gasteiger partial charge in [-0.2, -0.15) is 8.78 Å². The minimum Gasteiger partial charge on any atom is -0.434 e. The van der Waals surface area contributed by atoms with Crippen molar-refractivity contribution in [3.63, 3.8) is 0 Å². The van der Waals surface area contributed by atoms with Crippen LogP contribution < -0.4 is 20.7 Å². The number of aliphatic imine (C=N–C) groups is 1. The van der Waals surface area contributed by atoms with E-state index in [0.717, 1.165) is 12.1 Å². The molecular formula is C23H32F2IN5O2. The predicted molar refractivity (Wildman–Crippen MR) is 137 cm³/mol. The van der Waals surface area contributed by atoms with Gasteiger partial charge >= 0.3 is 6.61 Å². The molecule has 33 heavy (non-hydrogen) atoms. The Balaban J connectivity index is 0.00000544. The first-order chi connectivity index (χ1) is 15.4. The van der Waals surface area contributed by atoms with Gasteiger partial charge in [0, 0.05) is 37.3 Å². The molecule has 7 nitrogen and oxygen atoms in total. The summed E-state index contributed by atoms with van der Waals surface area (Å²) in [5.74, 6) is 0.525. The monoisotopic (exact) mass is 575 g/mol. The van der Waals surface area contributed by atoms with Crippen LogP contribution in [0.25, 0.3) is 0 Å². The lowest BCUT2D eigenvalue weighted by molar-refractivity contribution is -0.0504. The maximum Gasteiger partial charge on any atom is 0.387 e. The van der Waals surface area contributed by atoms with E-state index in [0.29, 0.717) is 36.7 Å². The number of nitrogens with one attached hydrogen (secondary N) is 3. The lowest BCUT2D eigenvalue weighted by atomic mass is 10.1. The van der Waals surface area contributed by atoms with E-state index < -0.39 is 6.61 Å². The van der Waals surface area contributed by atoms with E-state index in [9.17, 15) is 13.6 Å². The Morgan fingerprint density at radius 3 is 2.55 bits per heavy atom. The fraction of sp³-hybridized carbons (Fsp3) is 0.391. The summed E-state index contributed by atoms with van der Waals surface area (Å²) in [5.41, 5.74) is 2.05. The average molecular weight is 575 g/mol. The number of para-hydroxylation sites is 1. The molecule has 2 aromatic rings. The standard InChI is InChI=1S/C23H31F2N5O2.HI/c1-4-26-23(29-16-19-9-5-6-11-20(19)32-22(24)25)28-15-17-8-7-10-18(14-17)21(31)27-12-13-30(2)3;/h5-11,14,22H,4,12-13,15-16H2,1-3H3,(H,27,31)(H2,26,28,29);1H. The number of hydrogen-bond donors (Lipinski definition) is 3. The van der Waals surface area contributed by atoms with Crippen molar-refractivity contribution >= 4 is 35.8 Å². The molecule has 2 aromatic carbocycles. The number of guanidine groups is 1. The van der Waals surface area contributed by atoms with E-state index in [1.165, 1.54) is 6.07 Å². The number of halogens is 3. The van der Waals surface area contributed by atoms with Gasteiger partial charge in [0.15, 0.2) is 5.96 Å². The van der Waals surface area contributed by atoms with Crippen LogP contribution in [0.4, 0.5) is 8.78 Å². The van der Waals surface area contributed by atoms with Crippen LogP contribution in [0.5, 0.6) is 5.75 Å². The van der Waals surface area contributed by atoms with Crippen LogP contribution >= 0.6 is 24.0 Å². The van der Waals surface area contributed by atoms with Crippen LogP contribution in [0, 0.1) is 0 Å². The molecule has 0 radical (unpaired) electrons. The van der Waals surface area contributed by atoms with E-state index in [4.69, 9.17) is 0 Å². The van der Waals surface area contributed by atoms with Crippen LogP contribution in [-0.4, -0.2) is 57.1 Å². The summed E-state index contributed by atoms with van der Waals surface area (Å²) in [5, 5.41) is 9.15. The summed E-state index contributed by atoms with van der Waals surface area (Å²) in [6.07, 6.45) is 0. The molecule has 0 atom stereocenters. The van der Waals surface area contributed by atoms with Gasteiger partial charge in [-0.15, -0.1) is 24.0 Å². The van der Waals surface area contributed by atoms with Gasteiger partial charge in [-0.25, -0.2) is 4.99 Å². The van der Waals surface area contributed by atoms with Crippen LogP contribution in [0.3, 0.4) is 0 Å². The highest BCUT2D eigenvalue weighted by Crippen LogP contribution is 2.19. The molecule has 0 spiro atoms. The molecule has 1 amide bonds. The third-order valence-corrected chi connectivity index (χ3v) is 4.43. The van der Waals surface area contributed by atoms with Crippen molar-refractivity contribution in [3.05, 3.63) is 65.2 Å². The van der Waals surface area contributed by atoms with Crippen molar-refractivity contribution in [2.75, 3.05) is 33.7 Å². The number of nitrogens with zero attached hydrogens (tertiary/aromatic N) is 2. The number of amides is 1. The van der Waals surface area contributed by atoms with Crippen molar-refractivity contribution in [2.24, 2.45) is 4.99 Å². The van der Waals surface area contributed by atoms with E-state index in [-0.39, 0.29) is 42.2 Å². The van der Waals surface area contributed by atoms with Gasteiger partial charge < -0.3 is 25.6 Å². The molecule has 2 rings (SSSR count). The Bertz CT molecular complexity index is 897. The Labute approximate surface area is 211 Å². The zero-order valence-corrected chi connectivity index (χ0v) is 21.4. The molecule has 10 heteroatoms. The molecule has 0 aromatic heterocycles. The molecule has 0 heterocycles. The predicted octanol–water partition coefficient (Wildman–Crippen LogP) is 3.45. The van der Waals surface area contributed by atoms with E-state index >= 15 is 0 Å². The third kappa shape index (κ3) is 10.8. The molecule has 182 valence electrons. The summed E-state index contributed by atoms with van der Waals surface area (Å²) in [6, 6.07) is 13.9. The van der Waals surface area contributed by atoms with Gasteiger partial charge in [0.05, 0.1) is 6.54 Å². The fourth-order valence-corrected chi connectivity index (χ4v) is 2.86. The molecular weight excluding hydrogens is 543 g/mol. The molecule has 0 saturated carbocycles. The molecule has 0 bridgehead atoms. The van der Waals surface area contributed by atoms with Gasteiger partial charge in [-0.05, 0) is 44.8 Å². The normalized spacial score (nSPS) is 11.2. The first kappa shape index (κ1) is 28.6. The second-order valence-corrected chi connectivity index (χ2v) is 7.29. The average Bonchev–Trinajstić information content (AvgIpc) is 2.76. The lowest BCUT2D eigenvalue weighted by Gasteiger charge is -2.14. The Kier molecular flexibility index (Phi) is 13.3. The van der Waals surface area contributed by atoms with Gasteiger partial charge in [0.2, 0.25) is 0 Å². The van der Waals surface area contributed by atoms with Gasteiger partial charge in [-0.1, -0.05) is 30.3 Å². The molecule has 3 N–H and O–H groups in total. The van der Waals surface area contributed by atoms with Crippen molar-refractivity contribution < 1.29 is 18.3 Å². The van der Waals surface area contributed by atoms with Crippen molar-refractivity contribution in [1.29, 1.82) is 0 Å². The summed E-state index contributed by atoms with van der Waals surface area (Å²) in [7, 11) is 3.90. The van der Waals surface area contributed by atoms with Crippen molar-refractivity contribution in [2.45, 2.75) is 26.6 Å². The Hall–Kier alpha value is -2.47. The summed E-state index contributed by atoms with van der Waals surface area (Å²) in [6.45, 7) is 1.63. The minimum absolute atomic E-state index is 0. The summed E-state index contributed by atoms with van der Waals surface area (Å²) < 4.78 is 29.8. The highest BCUT2D eigenvalue weighted by atomic mass is 127. The molecule has 0 saturated heterocycles. The molecule has 0 unspecified atom stereocenters. The smallest absolute Gasteiger partial charge is 0.387 e. The third-order valence-electron chi connectivity index (χ3n) is 4.43. The van der Waals surface area contributed by atoms with Crippen LogP contribution in [0.15, 0.2) is 53.5 Å². The zero-order chi connectivity index (χ0) is 23.3. The first-order valence-electron chi connectivity index (χ1n) is 10.5. The van der Waals surface area contributed by atoms with E-state index in [2.05, 4.69) is 25.7 Å². The van der Waals surface area contributed by atoms with E-state index in [1.54, 1.807) is 24.3 Å². The maximum absolute atomic E-state index is 12.6. The number of hydrogen-bond acceptors (Lipinski definition) is 4. The van der Waals surface area contributed by atoms with Gasteiger partial charge in [-0.3, -0.25) is 4.79 Å². The highest BCUT2D eigenvalue weighted by Gasteiger charge is 2.10. The maximum atomic E-state index is 12.6. The van der Waals surface area contributed by atoms with Gasteiger partial charge in [0.25, 0.3) is 5.91 Å².